The van der Waals surface area contributed by atoms with E-state index >= 15 is 0 Å². The van der Waals surface area contributed by atoms with Gasteiger partial charge in [-0.3, -0.25) is 19.4 Å². The zero-order chi connectivity index (χ0) is 28.9. The van der Waals surface area contributed by atoms with Crippen LogP contribution in [0.15, 0.2) is 35.3 Å². The molecule has 0 aromatic heterocycles. The number of alkyl carbamates (subject to hydrolysis) is 1. The highest BCUT2D eigenvalue weighted by Crippen LogP contribution is 2.17. The first-order chi connectivity index (χ1) is 18.0. The third kappa shape index (κ3) is 16.9. The van der Waals surface area contributed by atoms with Crippen LogP contribution < -0.4 is 22.1 Å². The number of ketones is 1. The molecule has 1 aliphatic heterocycles. The summed E-state index contributed by atoms with van der Waals surface area (Å²) in [7, 11) is 0. The molecule has 12 heteroatoms. The van der Waals surface area contributed by atoms with Crippen molar-refractivity contribution in [3.8, 4) is 0 Å². The number of amides is 3. The first-order valence-corrected chi connectivity index (χ1v) is 12.7. The van der Waals surface area contributed by atoms with Crippen LogP contribution in [0.3, 0.4) is 0 Å². The van der Waals surface area contributed by atoms with E-state index in [0.29, 0.717) is 19.4 Å². The number of halogens is 1. The number of benzene rings is 1. The number of alkyl halides is 1. The molecule has 1 aromatic carbocycles. The Hall–Kier alpha value is -3.70. The molecular weight excluding hydrogens is 495 g/mol. The van der Waals surface area contributed by atoms with E-state index < -0.39 is 43.0 Å². The van der Waals surface area contributed by atoms with Gasteiger partial charge in [-0.05, 0) is 30.7 Å². The van der Waals surface area contributed by atoms with Crippen molar-refractivity contribution >= 4 is 29.7 Å². The maximum absolute atomic E-state index is 12.3. The first-order valence-electron chi connectivity index (χ1n) is 12.7. The molecule has 0 saturated carbocycles. The summed E-state index contributed by atoms with van der Waals surface area (Å²) in [5.41, 5.74) is 10.8. The minimum atomic E-state index is -1.15. The fraction of sp³-hybridized carbons (Fsp3) is 0.577. The van der Waals surface area contributed by atoms with Crippen molar-refractivity contribution in [2.75, 3.05) is 32.9 Å². The molecule has 0 spiro atoms. The molecule has 11 nitrogen and oxygen atoms in total. The molecule has 0 aliphatic carbocycles. The van der Waals surface area contributed by atoms with Crippen LogP contribution >= 0.6 is 0 Å². The van der Waals surface area contributed by atoms with Gasteiger partial charge < -0.3 is 31.7 Å². The van der Waals surface area contributed by atoms with Crippen LogP contribution in [0.1, 0.15) is 52.5 Å². The van der Waals surface area contributed by atoms with Gasteiger partial charge >= 0.3 is 6.09 Å². The number of Topliss-reactive ketones (excluding diaryl/α,β-unsaturated/α-hetero) is 1. The second kappa shape index (κ2) is 20.4. The lowest BCUT2D eigenvalue weighted by molar-refractivity contribution is -0.138. The summed E-state index contributed by atoms with van der Waals surface area (Å²) in [5, 5.41) is 4.69. The lowest BCUT2D eigenvalue weighted by atomic mass is 10.2. The minimum Gasteiger partial charge on any atom is -0.445 e. The van der Waals surface area contributed by atoms with Gasteiger partial charge in [-0.2, -0.15) is 0 Å². The summed E-state index contributed by atoms with van der Waals surface area (Å²) >= 11 is 0. The summed E-state index contributed by atoms with van der Waals surface area (Å²) in [4.78, 5) is 52.1. The number of nitrogens with two attached hydrogens (primary N) is 2. The van der Waals surface area contributed by atoms with Crippen LogP contribution in [0.4, 0.5) is 9.18 Å². The summed E-state index contributed by atoms with van der Waals surface area (Å²) in [6.07, 6.45) is 1.33. The zero-order valence-electron chi connectivity index (χ0n) is 22.9. The zero-order valence-corrected chi connectivity index (χ0v) is 22.9. The van der Waals surface area contributed by atoms with E-state index in [9.17, 15) is 23.6 Å². The second-order valence-corrected chi connectivity index (χ2v) is 9.09. The Labute approximate surface area is 224 Å². The number of aliphatic imine (C=N–C) groups is 1. The van der Waals surface area contributed by atoms with Gasteiger partial charge in [0.1, 0.15) is 25.9 Å². The monoisotopic (exact) mass is 538 g/mol. The lowest BCUT2D eigenvalue weighted by Gasteiger charge is -2.23. The van der Waals surface area contributed by atoms with Gasteiger partial charge in [0.25, 0.3) is 0 Å². The van der Waals surface area contributed by atoms with E-state index in [-0.39, 0.29) is 19.1 Å². The number of nitrogens with zero attached hydrogens (tertiary/aromatic N) is 2. The van der Waals surface area contributed by atoms with Crippen LogP contribution in [0.2, 0.25) is 0 Å². The molecule has 2 rings (SSSR count). The average molecular weight is 539 g/mol. The fourth-order valence-corrected chi connectivity index (χ4v) is 2.95. The van der Waals surface area contributed by atoms with Crippen molar-refractivity contribution in [3.05, 3.63) is 35.9 Å². The Kier molecular flexibility index (Phi) is 18.4. The molecule has 38 heavy (non-hydrogen) atoms. The number of rotatable bonds is 10. The van der Waals surface area contributed by atoms with Crippen LogP contribution in [-0.2, 0) is 25.7 Å². The molecule has 6 N–H and O–H groups in total. The van der Waals surface area contributed by atoms with Crippen molar-refractivity contribution in [2.45, 2.75) is 59.6 Å². The van der Waals surface area contributed by atoms with Gasteiger partial charge in [0.15, 0.2) is 11.7 Å². The van der Waals surface area contributed by atoms with Crippen LogP contribution in [0, 0.1) is 5.92 Å². The van der Waals surface area contributed by atoms with E-state index in [1.165, 1.54) is 4.90 Å². The molecular formula is C26H43FN6O5. The van der Waals surface area contributed by atoms with Crippen molar-refractivity contribution in [1.29, 1.82) is 0 Å². The van der Waals surface area contributed by atoms with Gasteiger partial charge in [0, 0.05) is 13.1 Å². The third-order valence-electron chi connectivity index (χ3n) is 4.60. The summed E-state index contributed by atoms with van der Waals surface area (Å²) in [6, 6.07) is 8.36. The highest BCUT2D eigenvalue weighted by atomic mass is 19.1. The number of ether oxygens (including phenoxy) is 1. The molecule has 1 atom stereocenters. The molecule has 1 heterocycles. The number of hydrogen-bond donors (Lipinski definition) is 4. The summed E-state index contributed by atoms with van der Waals surface area (Å²) in [6.45, 7) is 7.85. The molecule has 0 unspecified atom stereocenters. The van der Waals surface area contributed by atoms with Gasteiger partial charge in [0.2, 0.25) is 11.8 Å². The molecule has 1 aliphatic rings. The van der Waals surface area contributed by atoms with E-state index in [1.807, 2.05) is 25.1 Å². The Morgan fingerprint density at radius 2 is 1.74 bits per heavy atom. The highest BCUT2D eigenvalue weighted by Gasteiger charge is 2.34. The maximum Gasteiger partial charge on any atom is 0.407 e. The van der Waals surface area contributed by atoms with Crippen molar-refractivity contribution < 1.29 is 28.3 Å². The molecule has 1 fully saturated rings. The Balaban J connectivity index is 0.00000105. The summed E-state index contributed by atoms with van der Waals surface area (Å²) < 4.78 is 17.2. The van der Waals surface area contributed by atoms with Crippen molar-refractivity contribution in [2.24, 2.45) is 22.4 Å². The Bertz CT molecular complexity index is 875. The third-order valence-corrected chi connectivity index (χ3v) is 4.60. The molecule has 214 valence electrons. The van der Waals surface area contributed by atoms with Crippen molar-refractivity contribution in [3.63, 3.8) is 0 Å². The van der Waals surface area contributed by atoms with Gasteiger partial charge in [-0.1, -0.05) is 58.0 Å². The lowest BCUT2D eigenvalue weighted by Crippen LogP contribution is -2.49. The first kappa shape index (κ1) is 34.3. The van der Waals surface area contributed by atoms with Crippen LogP contribution in [-0.4, -0.2) is 73.4 Å². The van der Waals surface area contributed by atoms with Crippen LogP contribution in [0.25, 0.3) is 0 Å². The standard InChI is InChI=1S/C18H22FN3O5.C4H11N3.C4H10/c19-9-14(23)10-20-17(25)15-7-4-8-22(15)16(24)11-21-18(26)27-12-13-5-2-1-3-6-13;1-2-3-7-4(5)6;1-4(2)3/h1-3,5-6,15H,4,7-12H2,(H,20,25)(H,21,26);2-3H2,1H3,(H4,5,6,7);4H,1-3H3/t15-;;/m0../s1. The second-order valence-electron chi connectivity index (χ2n) is 9.09. The molecule has 0 bridgehead atoms. The minimum absolute atomic E-state index is 0.0816. The van der Waals surface area contributed by atoms with Gasteiger partial charge in [-0.15, -0.1) is 0 Å². The van der Waals surface area contributed by atoms with Crippen LogP contribution in [0.5, 0.6) is 0 Å². The van der Waals surface area contributed by atoms with E-state index in [0.717, 1.165) is 24.4 Å². The number of likely N-dealkylation sites (tertiary alicyclic amines) is 1. The van der Waals surface area contributed by atoms with E-state index in [4.69, 9.17) is 16.2 Å². The van der Waals surface area contributed by atoms with Crippen molar-refractivity contribution in [1.82, 2.24) is 15.5 Å². The SMILES string of the molecule is CC(C)C.CCCN=C(N)N.O=C(CF)CNC(=O)[C@@H]1CCCN1C(=O)CNC(=O)OCc1ccccc1. The van der Waals surface area contributed by atoms with Gasteiger partial charge in [0.05, 0.1) is 6.54 Å². The number of guanidine groups is 1. The largest absolute Gasteiger partial charge is 0.445 e. The molecule has 1 saturated heterocycles. The smallest absolute Gasteiger partial charge is 0.407 e. The normalized spacial score (nSPS) is 13.7. The molecule has 3 amide bonds. The topological polar surface area (TPSA) is 169 Å². The summed E-state index contributed by atoms with van der Waals surface area (Å²) in [5.74, 6) is -0.653. The quantitative estimate of drug-likeness (QED) is 0.260. The number of hydrogen-bond acceptors (Lipinski definition) is 6. The highest BCUT2D eigenvalue weighted by molar-refractivity contribution is 5.92. The number of carbonyl (C=O) groups is 4. The average Bonchev–Trinajstić information content (AvgIpc) is 3.38. The maximum atomic E-state index is 12.3. The van der Waals surface area contributed by atoms with E-state index in [1.54, 1.807) is 12.1 Å². The number of nitrogens with one attached hydrogen (secondary N) is 2. The molecule has 1 aromatic rings. The Morgan fingerprint density at radius 3 is 2.26 bits per heavy atom. The molecule has 0 radical (unpaired) electrons. The predicted molar refractivity (Wildman–Crippen MR) is 145 cm³/mol. The van der Waals surface area contributed by atoms with E-state index in [2.05, 4.69) is 36.4 Å². The number of carbonyl (C=O) groups excluding carboxylic acids is 4. The van der Waals surface area contributed by atoms with Gasteiger partial charge in [-0.25, -0.2) is 9.18 Å². The fourth-order valence-electron chi connectivity index (χ4n) is 2.95. The predicted octanol–water partition coefficient (Wildman–Crippen LogP) is 1.89. The Morgan fingerprint density at radius 1 is 1.11 bits per heavy atom.